The first kappa shape index (κ1) is 26.7. The standard InChI is InChI=1S/C31H37N5S/c1-3-5-19-36(20-7-18-32)29-14-10-25(11-15-29)23-35-21-16-27(17-22-35)31-34-30(24-37-31)26-8-6-9-28(13-12-26)33-4-2/h1,8-15,24,27,33H,4-7,16-17,19-23H2,2H3. The fourth-order valence-electron chi connectivity index (χ4n) is 4.92. The number of allylic oxidation sites excluding steroid dienone is 5. The van der Waals surface area contributed by atoms with Gasteiger partial charge in [0.2, 0.25) is 0 Å². The van der Waals surface area contributed by atoms with Gasteiger partial charge in [-0.2, -0.15) is 5.26 Å². The smallest absolute Gasteiger partial charge is 0.0964 e. The van der Waals surface area contributed by atoms with Crippen LogP contribution in [0.15, 0.2) is 59.6 Å². The number of likely N-dealkylation sites (N-methyl/N-ethyl adjacent to an activating group) is 1. The lowest BCUT2D eigenvalue weighted by molar-refractivity contribution is 0.204. The number of benzene rings is 1. The highest BCUT2D eigenvalue weighted by Crippen LogP contribution is 2.33. The van der Waals surface area contributed by atoms with Crippen LogP contribution >= 0.6 is 11.3 Å². The molecule has 1 aromatic heterocycles. The van der Waals surface area contributed by atoms with Gasteiger partial charge in [-0.1, -0.05) is 30.4 Å². The van der Waals surface area contributed by atoms with E-state index in [1.807, 2.05) is 11.3 Å². The molecule has 0 amide bonds. The van der Waals surface area contributed by atoms with Crippen LogP contribution in [0.2, 0.25) is 0 Å². The molecule has 0 bridgehead atoms. The number of aromatic nitrogens is 1. The van der Waals surface area contributed by atoms with Crippen molar-refractivity contribution in [2.45, 2.75) is 51.5 Å². The van der Waals surface area contributed by atoms with Crippen LogP contribution in [-0.2, 0) is 6.54 Å². The minimum Gasteiger partial charge on any atom is -0.386 e. The van der Waals surface area contributed by atoms with E-state index < -0.39 is 0 Å². The van der Waals surface area contributed by atoms with E-state index in [9.17, 15) is 0 Å². The van der Waals surface area contributed by atoms with Gasteiger partial charge in [-0.05, 0) is 68.6 Å². The molecular formula is C31H37N5S. The van der Waals surface area contributed by atoms with Crippen LogP contribution in [0, 0.1) is 23.7 Å². The highest BCUT2D eigenvalue weighted by Gasteiger charge is 2.23. The van der Waals surface area contributed by atoms with Crippen LogP contribution < -0.4 is 10.2 Å². The van der Waals surface area contributed by atoms with Crippen molar-refractivity contribution >= 4 is 22.6 Å². The maximum absolute atomic E-state index is 8.97. The summed E-state index contributed by atoms with van der Waals surface area (Å²) < 4.78 is 0. The molecule has 1 saturated heterocycles. The van der Waals surface area contributed by atoms with Crippen molar-refractivity contribution in [3.05, 3.63) is 75.9 Å². The van der Waals surface area contributed by atoms with Crippen LogP contribution in [0.3, 0.4) is 0 Å². The van der Waals surface area contributed by atoms with Gasteiger partial charge in [0.1, 0.15) is 0 Å². The fourth-order valence-corrected chi connectivity index (χ4v) is 5.92. The Hall–Kier alpha value is -3.32. The largest absolute Gasteiger partial charge is 0.386 e. The second kappa shape index (κ2) is 13.8. The van der Waals surface area contributed by atoms with E-state index in [0.29, 0.717) is 25.3 Å². The number of nitriles is 1. The number of hydrogen-bond acceptors (Lipinski definition) is 6. The lowest BCUT2D eigenvalue weighted by atomic mass is 9.97. The number of piperidine rings is 1. The molecule has 0 unspecified atom stereocenters. The summed E-state index contributed by atoms with van der Waals surface area (Å²) in [7, 11) is 0. The average Bonchev–Trinajstić information content (AvgIpc) is 3.30. The number of anilines is 1. The summed E-state index contributed by atoms with van der Waals surface area (Å²) in [6.45, 7) is 7.71. The molecule has 1 aliphatic heterocycles. The summed E-state index contributed by atoms with van der Waals surface area (Å²) in [6, 6.07) is 11.0. The molecule has 37 heavy (non-hydrogen) atoms. The quantitative estimate of drug-likeness (QED) is 0.369. The number of hydrogen-bond donors (Lipinski definition) is 1. The molecule has 0 saturated carbocycles. The Morgan fingerprint density at radius 3 is 2.65 bits per heavy atom. The molecule has 0 radical (unpaired) electrons. The van der Waals surface area contributed by atoms with Crippen LogP contribution in [0.5, 0.6) is 0 Å². The maximum Gasteiger partial charge on any atom is 0.0964 e. The number of nitrogens with one attached hydrogen (secondary N) is 1. The van der Waals surface area contributed by atoms with Gasteiger partial charge in [0, 0.05) is 55.3 Å². The molecule has 6 heteroatoms. The molecule has 1 N–H and O–H groups in total. The average molecular weight is 512 g/mol. The second-order valence-corrected chi connectivity index (χ2v) is 10.4. The predicted molar refractivity (Wildman–Crippen MR) is 155 cm³/mol. The highest BCUT2D eigenvalue weighted by molar-refractivity contribution is 7.09. The van der Waals surface area contributed by atoms with Gasteiger partial charge in [-0.3, -0.25) is 4.90 Å². The van der Waals surface area contributed by atoms with E-state index in [4.69, 9.17) is 16.7 Å². The second-order valence-electron chi connectivity index (χ2n) is 9.56. The zero-order chi connectivity index (χ0) is 25.9. The van der Waals surface area contributed by atoms with Gasteiger partial charge in [0.05, 0.1) is 23.2 Å². The van der Waals surface area contributed by atoms with E-state index in [1.165, 1.54) is 21.8 Å². The number of likely N-dealkylation sites (tertiary alicyclic amines) is 1. The minimum absolute atomic E-state index is 0.505. The van der Waals surface area contributed by atoms with Gasteiger partial charge >= 0.3 is 0 Å². The molecule has 2 aromatic rings. The summed E-state index contributed by atoms with van der Waals surface area (Å²) in [5.41, 5.74) is 5.98. The summed E-state index contributed by atoms with van der Waals surface area (Å²) in [5, 5.41) is 15.9. The topological polar surface area (TPSA) is 55.2 Å². The highest BCUT2D eigenvalue weighted by atomic mass is 32.1. The molecule has 2 aliphatic rings. The normalized spacial score (nSPS) is 16.3. The number of thiazole rings is 1. The zero-order valence-electron chi connectivity index (χ0n) is 21.8. The molecule has 1 aliphatic carbocycles. The molecule has 0 atom stereocenters. The Bertz CT molecular complexity index is 1170. The molecule has 0 spiro atoms. The third kappa shape index (κ3) is 7.59. The lowest BCUT2D eigenvalue weighted by Crippen LogP contribution is -2.32. The van der Waals surface area contributed by atoms with Crippen molar-refractivity contribution in [2.24, 2.45) is 0 Å². The van der Waals surface area contributed by atoms with Gasteiger partial charge in [0.25, 0.3) is 0 Å². The molecule has 192 valence electrons. The Morgan fingerprint density at radius 1 is 1.14 bits per heavy atom. The third-order valence-electron chi connectivity index (χ3n) is 6.98. The first-order valence-electron chi connectivity index (χ1n) is 13.3. The Labute approximate surface area is 226 Å². The van der Waals surface area contributed by atoms with Crippen molar-refractivity contribution in [3.8, 4) is 18.4 Å². The van der Waals surface area contributed by atoms with E-state index in [1.54, 1.807) is 0 Å². The molecule has 1 aromatic carbocycles. The predicted octanol–water partition coefficient (Wildman–Crippen LogP) is 6.10. The number of nitrogens with zero attached hydrogens (tertiary/aromatic N) is 4. The SMILES string of the molecule is C#CCCN(CCC#N)c1ccc(CN2CCC(c3nc(C4=CCC=C(NCC)C=C4)cs3)CC2)cc1. The molecule has 4 rings (SSSR count). The van der Waals surface area contributed by atoms with Crippen LogP contribution in [0.4, 0.5) is 5.69 Å². The number of terminal acetylenes is 1. The van der Waals surface area contributed by atoms with Crippen molar-refractivity contribution < 1.29 is 0 Å². The van der Waals surface area contributed by atoms with Gasteiger partial charge < -0.3 is 10.2 Å². The Morgan fingerprint density at radius 2 is 1.92 bits per heavy atom. The summed E-state index contributed by atoms with van der Waals surface area (Å²) in [5.74, 6) is 3.26. The summed E-state index contributed by atoms with van der Waals surface area (Å²) >= 11 is 1.81. The van der Waals surface area contributed by atoms with Gasteiger partial charge in [-0.15, -0.1) is 23.7 Å². The molecule has 2 heterocycles. The van der Waals surface area contributed by atoms with E-state index >= 15 is 0 Å². The van der Waals surface area contributed by atoms with Gasteiger partial charge in [-0.25, -0.2) is 4.98 Å². The van der Waals surface area contributed by atoms with Crippen molar-refractivity contribution in [3.63, 3.8) is 0 Å². The van der Waals surface area contributed by atoms with Crippen molar-refractivity contribution in [1.29, 1.82) is 5.26 Å². The fraction of sp³-hybridized carbons (Fsp3) is 0.419. The Kier molecular flexibility index (Phi) is 10.0. The monoisotopic (exact) mass is 511 g/mol. The number of rotatable bonds is 11. The molecular weight excluding hydrogens is 474 g/mol. The minimum atomic E-state index is 0.505. The van der Waals surface area contributed by atoms with E-state index in [0.717, 1.165) is 63.4 Å². The first-order chi connectivity index (χ1) is 18.2. The first-order valence-corrected chi connectivity index (χ1v) is 14.2. The van der Waals surface area contributed by atoms with E-state index in [2.05, 4.69) is 88.0 Å². The van der Waals surface area contributed by atoms with Crippen molar-refractivity contribution in [2.75, 3.05) is 37.6 Å². The van der Waals surface area contributed by atoms with Crippen LogP contribution in [0.25, 0.3) is 5.57 Å². The summed E-state index contributed by atoms with van der Waals surface area (Å²) in [6.07, 6.45) is 18.7. The van der Waals surface area contributed by atoms with Crippen LogP contribution in [-0.4, -0.2) is 42.6 Å². The Balaban J connectivity index is 1.28. The molecule has 1 fully saturated rings. The van der Waals surface area contributed by atoms with Crippen molar-refractivity contribution in [1.82, 2.24) is 15.2 Å². The molecule has 5 nitrogen and oxygen atoms in total. The van der Waals surface area contributed by atoms with Crippen LogP contribution in [0.1, 0.15) is 61.2 Å². The third-order valence-corrected chi connectivity index (χ3v) is 7.99. The zero-order valence-corrected chi connectivity index (χ0v) is 22.6. The van der Waals surface area contributed by atoms with E-state index in [-0.39, 0.29) is 0 Å². The summed E-state index contributed by atoms with van der Waals surface area (Å²) in [4.78, 5) is 9.81. The maximum atomic E-state index is 8.97. The van der Waals surface area contributed by atoms with Gasteiger partial charge in [0.15, 0.2) is 0 Å². The lowest BCUT2D eigenvalue weighted by Gasteiger charge is -2.31.